The summed E-state index contributed by atoms with van der Waals surface area (Å²) in [6.45, 7) is 0. The molecule has 1 nitrogen and oxygen atoms in total. The molecule has 15 heavy (non-hydrogen) atoms. The first kappa shape index (κ1) is 9.53. The van der Waals surface area contributed by atoms with Gasteiger partial charge in [0.05, 0.1) is 12.1 Å². The number of hydrogen-bond donors (Lipinski definition) is 0. The van der Waals surface area contributed by atoms with Gasteiger partial charge in [-0.15, -0.1) is 0 Å². The van der Waals surface area contributed by atoms with Gasteiger partial charge in [0.25, 0.3) is 0 Å². The molecule has 0 radical (unpaired) electrons. The summed E-state index contributed by atoms with van der Waals surface area (Å²) >= 11 is 6.17. The second-order valence-corrected chi connectivity index (χ2v) is 5.07. The van der Waals surface area contributed by atoms with Crippen LogP contribution in [0.1, 0.15) is 48.6 Å². The fourth-order valence-corrected chi connectivity index (χ4v) is 3.41. The van der Waals surface area contributed by atoms with Crippen molar-refractivity contribution in [2.24, 2.45) is 0 Å². The molecule has 1 aromatic rings. The molecule has 0 aromatic heterocycles. The van der Waals surface area contributed by atoms with E-state index in [9.17, 15) is 0 Å². The number of halogens is 1. The molecule has 1 fully saturated rings. The molecule has 0 atom stereocenters. The minimum Gasteiger partial charge on any atom is -0.495 e. The smallest absolute Gasteiger partial charge is 0.137 e. The Morgan fingerprint density at radius 2 is 1.60 bits per heavy atom. The van der Waals surface area contributed by atoms with Gasteiger partial charge in [-0.1, -0.05) is 11.6 Å². The van der Waals surface area contributed by atoms with Crippen LogP contribution in [0.25, 0.3) is 0 Å². The fraction of sp³-hybridized carbons (Fsp3) is 0.538. The number of methoxy groups -OCH3 is 1. The van der Waals surface area contributed by atoms with Crippen molar-refractivity contribution >= 4 is 11.6 Å². The zero-order valence-electron chi connectivity index (χ0n) is 8.92. The van der Waals surface area contributed by atoms with E-state index in [4.69, 9.17) is 16.3 Å². The van der Waals surface area contributed by atoms with Crippen LogP contribution in [0.3, 0.4) is 0 Å². The lowest BCUT2D eigenvalue weighted by molar-refractivity contribution is 0.354. The molecule has 2 bridgehead atoms. The average Bonchev–Trinajstić information content (AvgIpc) is 2.29. The first-order chi connectivity index (χ1) is 7.29. The third-order valence-corrected chi connectivity index (χ3v) is 4.26. The predicted octanol–water partition coefficient (Wildman–Crippen LogP) is 4.10. The third-order valence-electron chi connectivity index (χ3n) is 3.96. The number of hydrogen-bond acceptors (Lipinski definition) is 1. The highest BCUT2D eigenvalue weighted by molar-refractivity contribution is 6.32. The fourth-order valence-electron chi connectivity index (χ4n) is 3.16. The molecule has 0 aliphatic heterocycles. The Morgan fingerprint density at radius 3 is 2.13 bits per heavy atom. The van der Waals surface area contributed by atoms with Crippen LogP contribution < -0.4 is 4.74 Å². The number of benzene rings is 1. The van der Waals surface area contributed by atoms with Crippen LogP contribution in [-0.4, -0.2) is 7.11 Å². The minimum absolute atomic E-state index is 0.758. The molecule has 4 rings (SSSR count). The first-order valence-corrected chi connectivity index (χ1v) is 6.04. The average molecular weight is 223 g/mol. The van der Waals surface area contributed by atoms with Crippen molar-refractivity contribution < 1.29 is 4.74 Å². The Labute approximate surface area is 95.4 Å². The summed E-state index contributed by atoms with van der Waals surface area (Å²) in [4.78, 5) is 0. The van der Waals surface area contributed by atoms with Crippen LogP contribution in [-0.2, 0) is 0 Å². The summed E-state index contributed by atoms with van der Waals surface area (Å²) in [5.41, 5.74) is 2.99. The Balaban J connectivity index is 2.15. The van der Waals surface area contributed by atoms with Crippen molar-refractivity contribution in [3.05, 3.63) is 28.3 Å². The van der Waals surface area contributed by atoms with E-state index in [1.165, 1.54) is 36.8 Å². The molecule has 0 N–H and O–H groups in total. The molecule has 3 aliphatic rings. The van der Waals surface area contributed by atoms with Gasteiger partial charge in [0, 0.05) is 0 Å². The van der Waals surface area contributed by atoms with E-state index in [1.54, 1.807) is 7.11 Å². The van der Waals surface area contributed by atoms with Gasteiger partial charge in [0.15, 0.2) is 0 Å². The molecule has 80 valence electrons. The Kier molecular flexibility index (Phi) is 2.17. The van der Waals surface area contributed by atoms with E-state index in [0.29, 0.717) is 0 Å². The number of rotatable bonds is 1. The van der Waals surface area contributed by atoms with E-state index < -0.39 is 0 Å². The van der Waals surface area contributed by atoms with Crippen LogP contribution >= 0.6 is 11.6 Å². The van der Waals surface area contributed by atoms with Gasteiger partial charge >= 0.3 is 0 Å². The standard InChI is InChI=1S/C13H15ClO/c1-15-13-7-11-9-4-2-8(3-5-9)10(11)6-12(13)14/h6-9H,2-5H2,1H3. The molecule has 2 heteroatoms. The van der Waals surface area contributed by atoms with Gasteiger partial charge in [-0.25, -0.2) is 0 Å². The van der Waals surface area contributed by atoms with Crippen LogP contribution in [0.15, 0.2) is 12.1 Å². The summed E-state index contributed by atoms with van der Waals surface area (Å²) in [5.74, 6) is 2.35. The van der Waals surface area contributed by atoms with Crippen molar-refractivity contribution in [1.82, 2.24) is 0 Å². The van der Waals surface area contributed by atoms with Gasteiger partial charge in [-0.05, 0) is 60.8 Å². The van der Waals surface area contributed by atoms with Crippen molar-refractivity contribution in [3.63, 3.8) is 0 Å². The van der Waals surface area contributed by atoms with Crippen LogP contribution in [0.2, 0.25) is 5.02 Å². The quantitative estimate of drug-likeness (QED) is 0.695. The van der Waals surface area contributed by atoms with E-state index in [1.807, 2.05) is 0 Å². The highest BCUT2D eigenvalue weighted by atomic mass is 35.5. The monoisotopic (exact) mass is 222 g/mol. The van der Waals surface area contributed by atoms with Crippen molar-refractivity contribution in [1.29, 1.82) is 0 Å². The molecule has 0 unspecified atom stereocenters. The van der Waals surface area contributed by atoms with Crippen molar-refractivity contribution in [2.45, 2.75) is 37.5 Å². The molecule has 0 heterocycles. The normalized spacial score (nSPS) is 27.6. The second-order valence-electron chi connectivity index (χ2n) is 4.66. The highest BCUT2D eigenvalue weighted by Gasteiger charge is 2.33. The lowest BCUT2D eigenvalue weighted by Crippen LogP contribution is -2.21. The second kappa shape index (κ2) is 3.41. The Bertz CT molecular complexity index is 392. The Hall–Kier alpha value is -0.690. The Morgan fingerprint density at radius 1 is 1.07 bits per heavy atom. The largest absolute Gasteiger partial charge is 0.495 e. The number of ether oxygens (including phenoxy) is 1. The predicted molar refractivity (Wildman–Crippen MR) is 62.0 cm³/mol. The molecular formula is C13H15ClO. The maximum atomic E-state index is 6.17. The summed E-state index contributed by atoms with van der Waals surface area (Å²) in [6, 6.07) is 4.29. The molecule has 1 aromatic carbocycles. The summed E-state index contributed by atoms with van der Waals surface area (Å²) in [5, 5.41) is 0.767. The molecule has 0 spiro atoms. The SMILES string of the molecule is COc1cc2c(cc1Cl)C1CCC2CC1. The molecule has 3 aliphatic carbocycles. The highest BCUT2D eigenvalue weighted by Crippen LogP contribution is 2.51. The third kappa shape index (κ3) is 1.37. The summed E-state index contributed by atoms with van der Waals surface area (Å²) in [6.07, 6.45) is 5.39. The van der Waals surface area contributed by atoms with Gasteiger partial charge in [0.2, 0.25) is 0 Å². The maximum absolute atomic E-state index is 6.17. The zero-order chi connectivity index (χ0) is 10.4. The van der Waals surface area contributed by atoms with E-state index in [0.717, 1.165) is 22.6 Å². The van der Waals surface area contributed by atoms with Crippen LogP contribution in [0.5, 0.6) is 5.75 Å². The summed E-state index contributed by atoms with van der Waals surface area (Å²) < 4.78 is 5.29. The minimum atomic E-state index is 0.758. The van der Waals surface area contributed by atoms with Gasteiger partial charge in [0.1, 0.15) is 5.75 Å². The van der Waals surface area contributed by atoms with Crippen LogP contribution in [0.4, 0.5) is 0 Å². The van der Waals surface area contributed by atoms with Gasteiger partial charge in [-0.3, -0.25) is 0 Å². The topological polar surface area (TPSA) is 9.23 Å². The van der Waals surface area contributed by atoms with Crippen LogP contribution in [0, 0.1) is 0 Å². The first-order valence-electron chi connectivity index (χ1n) is 5.67. The zero-order valence-corrected chi connectivity index (χ0v) is 9.68. The molecular weight excluding hydrogens is 208 g/mol. The van der Waals surface area contributed by atoms with Gasteiger partial charge < -0.3 is 4.74 Å². The summed E-state index contributed by atoms with van der Waals surface area (Å²) in [7, 11) is 1.69. The van der Waals surface area contributed by atoms with Crippen molar-refractivity contribution in [2.75, 3.05) is 7.11 Å². The molecule has 0 amide bonds. The molecule has 0 saturated heterocycles. The lowest BCUT2D eigenvalue weighted by atomic mass is 9.67. The van der Waals surface area contributed by atoms with E-state index in [-0.39, 0.29) is 0 Å². The maximum Gasteiger partial charge on any atom is 0.137 e. The van der Waals surface area contributed by atoms with Crippen molar-refractivity contribution in [3.8, 4) is 5.75 Å². The van der Waals surface area contributed by atoms with E-state index >= 15 is 0 Å². The van der Waals surface area contributed by atoms with E-state index in [2.05, 4.69) is 12.1 Å². The lowest BCUT2D eigenvalue weighted by Gasteiger charge is -2.38. The van der Waals surface area contributed by atoms with Gasteiger partial charge in [-0.2, -0.15) is 0 Å². The molecule has 1 saturated carbocycles. The number of fused-ring (bicyclic) bond motifs is 2.